The van der Waals surface area contributed by atoms with E-state index in [0.29, 0.717) is 24.2 Å². The summed E-state index contributed by atoms with van der Waals surface area (Å²) in [6.45, 7) is 0. The fourth-order valence-electron chi connectivity index (χ4n) is 4.01. The van der Waals surface area contributed by atoms with Crippen LogP contribution in [0.4, 0.5) is 17.2 Å². The van der Waals surface area contributed by atoms with Crippen molar-refractivity contribution in [1.29, 1.82) is 5.26 Å². The average Bonchev–Trinajstić information content (AvgIpc) is 3.12. The second-order valence-electron chi connectivity index (χ2n) is 7.37. The van der Waals surface area contributed by atoms with Crippen LogP contribution in [0.2, 0.25) is 0 Å². The standard InChI is InChI=1S/C20H22N6O2/c21-10-13-3-1-2-4-17(13)26-11-15(19(22)28)20(25-26)23-14-6-7-16-12(9-14)5-8-18(27)24-16/h6-7,9,11,13,17H,1-5,8H2,(H2,22,28)(H,23,25)(H,24,27)/t13?,17-/m0/s1. The van der Waals surface area contributed by atoms with Gasteiger partial charge in [-0.2, -0.15) is 10.4 Å². The van der Waals surface area contributed by atoms with E-state index in [1.54, 1.807) is 10.9 Å². The Kier molecular flexibility index (Phi) is 4.74. The van der Waals surface area contributed by atoms with Crippen LogP contribution in [0.5, 0.6) is 0 Å². The molecule has 2 heterocycles. The molecule has 1 fully saturated rings. The van der Waals surface area contributed by atoms with E-state index in [1.807, 2.05) is 18.2 Å². The van der Waals surface area contributed by atoms with Gasteiger partial charge in [-0.1, -0.05) is 12.8 Å². The predicted molar refractivity (Wildman–Crippen MR) is 104 cm³/mol. The zero-order valence-electron chi connectivity index (χ0n) is 15.4. The fraction of sp³-hybridized carbons (Fsp3) is 0.400. The van der Waals surface area contributed by atoms with Gasteiger partial charge in [-0.25, -0.2) is 0 Å². The number of amides is 2. The highest BCUT2D eigenvalue weighted by Crippen LogP contribution is 2.35. The Morgan fingerprint density at radius 2 is 2.14 bits per heavy atom. The van der Waals surface area contributed by atoms with Gasteiger partial charge in [-0.3, -0.25) is 14.3 Å². The molecule has 0 spiro atoms. The van der Waals surface area contributed by atoms with Gasteiger partial charge < -0.3 is 16.4 Å². The molecule has 1 unspecified atom stereocenters. The van der Waals surface area contributed by atoms with Crippen LogP contribution in [-0.4, -0.2) is 21.6 Å². The third-order valence-electron chi connectivity index (χ3n) is 5.50. The van der Waals surface area contributed by atoms with E-state index in [0.717, 1.165) is 42.6 Å². The number of benzene rings is 1. The van der Waals surface area contributed by atoms with Gasteiger partial charge in [0.1, 0.15) is 5.56 Å². The van der Waals surface area contributed by atoms with E-state index in [1.165, 1.54) is 0 Å². The molecule has 8 nitrogen and oxygen atoms in total. The first-order valence-corrected chi connectivity index (χ1v) is 9.53. The number of nitrogens with two attached hydrogens (primary N) is 1. The summed E-state index contributed by atoms with van der Waals surface area (Å²) >= 11 is 0. The molecule has 8 heteroatoms. The number of hydrogen-bond donors (Lipinski definition) is 3. The lowest BCUT2D eigenvalue weighted by Gasteiger charge is -2.26. The number of carbonyl (C=O) groups is 2. The van der Waals surface area contributed by atoms with Gasteiger partial charge in [0.15, 0.2) is 5.82 Å². The molecule has 1 aromatic heterocycles. The fourth-order valence-corrected chi connectivity index (χ4v) is 4.01. The number of anilines is 3. The highest BCUT2D eigenvalue weighted by molar-refractivity contribution is 5.98. The number of nitrogens with one attached hydrogen (secondary N) is 2. The van der Waals surface area contributed by atoms with Crippen molar-refractivity contribution < 1.29 is 9.59 Å². The highest BCUT2D eigenvalue weighted by Gasteiger charge is 2.29. The van der Waals surface area contributed by atoms with Crippen LogP contribution in [0, 0.1) is 17.2 Å². The smallest absolute Gasteiger partial charge is 0.254 e. The van der Waals surface area contributed by atoms with E-state index >= 15 is 0 Å². The SMILES string of the molecule is N#CC1CCCC[C@@H]1n1cc(C(N)=O)c(Nc2ccc3c(c2)CCC(=O)N3)n1. The summed E-state index contributed by atoms with van der Waals surface area (Å²) in [5.41, 5.74) is 8.46. The van der Waals surface area contributed by atoms with E-state index in [-0.39, 0.29) is 17.9 Å². The number of aromatic nitrogens is 2. The number of primary amides is 1. The zero-order chi connectivity index (χ0) is 19.7. The second kappa shape index (κ2) is 7.35. The van der Waals surface area contributed by atoms with Crippen LogP contribution in [-0.2, 0) is 11.2 Å². The molecule has 144 valence electrons. The number of nitrogens with zero attached hydrogens (tertiary/aromatic N) is 3. The molecule has 1 aliphatic heterocycles. The molecule has 2 aromatic rings. The number of hydrogen-bond acceptors (Lipinski definition) is 5. The molecule has 4 rings (SSSR count). The van der Waals surface area contributed by atoms with E-state index in [9.17, 15) is 14.9 Å². The van der Waals surface area contributed by atoms with Gasteiger partial charge in [0.2, 0.25) is 5.91 Å². The Labute approximate surface area is 162 Å². The summed E-state index contributed by atoms with van der Waals surface area (Å²) in [5.74, 6) is -0.282. The minimum absolute atomic E-state index is 0.0162. The maximum atomic E-state index is 11.9. The lowest BCUT2D eigenvalue weighted by Crippen LogP contribution is -2.22. The van der Waals surface area contributed by atoms with Gasteiger partial charge in [-0.05, 0) is 43.0 Å². The Morgan fingerprint density at radius 3 is 2.93 bits per heavy atom. The van der Waals surface area contributed by atoms with Gasteiger partial charge in [0, 0.05) is 24.0 Å². The average molecular weight is 378 g/mol. The van der Waals surface area contributed by atoms with Crippen molar-refractivity contribution in [3.8, 4) is 6.07 Å². The minimum atomic E-state index is -0.566. The van der Waals surface area contributed by atoms with Crippen LogP contribution in [0.3, 0.4) is 0 Å². The first kappa shape index (κ1) is 18.0. The molecule has 2 atom stereocenters. The number of rotatable bonds is 4. The monoisotopic (exact) mass is 378 g/mol. The minimum Gasteiger partial charge on any atom is -0.365 e. The van der Waals surface area contributed by atoms with Gasteiger partial charge in [-0.15, -0.1) is 0 Å². The van der Waals surface area contributed by atoms with Gasteiger partial charge >= 0.3 is 0 Å². The van der Waals surface area contributed by atoms with Crippen LogP contribution in [0.1, 0.15) is 54.1 Å². The number of aryl methyl sites for hydroxylation is 1. The molecule has 0 radical (unpaired) electrons. The Hall–Kier alpha value is -3.34. The topological polar surface area (TPSA) is 126 Å². The van der Waals surface area contributed by atoms with Crippen LogP contribution in [0.25, 0.3) is 0 Å². The van der Waals surface area contributed by atoms with Crippen molar-refractivity contribution in [2.75, 3.05) is 10.6 Å². The van der Waals surface area contributed by atoms with Crippen LogP contribution < -0.4 is 16.4 Å². The Balaban J connectivity index is 1.62. The summed E-state index contributed by atoms with van der Waals surface area (Å²) in [6, 6.07) is 7.92. The van der Waals surface area contributed by atoms with Gasteiger partial charge in [0.25, 0.3) is 5.91 Å². The van der Waals surface area contributed by atoms with Crippen molar-refractivity contribution >= 4 is 29.0 Å². The summed E-state index contributed by atoms with van der Waals surface area (Å²) in [6.07, 6.45) is 6.53. The first-order chi connectivity index (χ1) is 13.5. The molecule has 1 saturated carbocycles. The lowest BCUT2D eigenvalue weighted by atomic mass is 9.85. The van der Waals surface area contributed by atoms with Crippen molar-refractivity contribution in [3.05, 3.63) is 35.5 Å². The molecule has 2 aliphatic rings. The molecule has 1 aromatic carbocycles. The summed E-state index contributed by atoms with van der Waals surface area (Å²) in [5, 5.41) is 20.0. The second-order valence-corrected chi connectivity index (χ2v) is 7.37. The summed E-state index contributed by atoms with van der Waals surface area (Å²) in [4.78, 5) is 23.5. The molecular formula is C20H22N6O2. The van der Waals surface area contributed by atoms with E-state index < -0.39 is 5.91 Å². The molecule has 4 N–H and O–H groups in total. The maximum Gasteiger partial charge on any atom is 0.254 e. The van der Waals surface area contributed by atoms with Crippen molar-refractivity contribution in [2.24, 2.45) is 11.7 Å². The highest BCUT2D eigenvalue weighted by atomic mass is 16.2. The molecule has 28 heavy (non-hydrogen) atoms. The Bertz CT molecular complexity index is 974. The number of carbonyl (C=O) groups excluding carboxylic acids is 2. The normalized spacial score (nSPS) is 21.3. The van der Waals surface area contributed by atoms with E-state index in [2.05, 4.69) is 21.8 Å². The quantitative estimate of drug-likeness (QED) is 0.754. The third-order valence-corrected chi connectivity index (χ3v) is 5.50. The third kappa shape index (κ3) is 3.43. The summed E-state index contributed by atoms with van der Waals surface area (Å²) < 4.78 is 1.72. The Morgan fingerprint density at radius 1 is 1.32 bits per heavy atom. The van der Waals surface area contributed by atoms with Crippen LogP contribution in [0.15, 0.2) is 24.4 Å². The zero-order valence-corrected chi connectivity index (χ0v) is 15.4. The predicted octanol–water partition coefficient (Wildman–Crippen LogP) is 2.87. The van der Waals surface area contributed by atoms with Crippen LogP contribution >= 0.6 is 0 Å². The largest absolute Gasteiger partial charge is 0.365 e. The molecule has 0 bridgehead atoms. The molecular weight excluding hydrogens is 356 g/mol. The van der Waals surface area contributed by atoms with E-state index in [4.69, 9.17) is 5.73 Å². The number of fused-ring (bicyclic) bond motifs is 1. The van der Waals surface area contributed by atoms with Crippen molar-refractivity contribution in [2.45, 2.75) is 44.6 Å². The van der Waals surface area contributed by atoms with Crippen molar-refractivity contribution in [1.82, 2.24) is 9.78 Å². The lowest BCUT2D eigenvalue weighted by molar-refractivity contribution is -0.116. The van der Waals surface area contributed by atoms with Gasteiger partial charge in [0.05, 0.1) is 18.0 Å². The summed E-state index contributed by atoms with van der Waals surface area (Å²) in [7, 11) is 0. The molecule has 1 aliphatic carbocycles. The molecule has 0 saturated heterocycles. The van der Waals surface area contributed by atoms with Crippen molar-refractivity contribution in [3.63, 3.8) is 0 Å². The molecule has 2 amide bonds. The number of nitriles is 1. The first-order valence-electron chi connectivity index (χ1n) is 9.53. The maximum absolute atomic E-state index is 11.9.